The summed E-state index contributed by atoms with van der Waals surface area (Å²) in [6.45, 7) is 3.77. The molecule has 0 atom stereocenters. The fraction of sp³-hybridized carbons (Fsp3) is 0.143. The van der Waals surface area contributed by atoms with Crippen LogP contribution < -0.4 is 10.9 Å². The molecule has 0 saturated carbocycles. The van der Waals surface area contributed by atoms with Crippen molar-refractivity contribution in [2.24, 2.45) is 4.99 Å². The predicted molar refractivity (Wildman–Crippen MR) is 79.8 cm³/mol. The van der Waals surface area contributed by atoms with Gasteiger partial charge < -0.3 is 5.11 Å². The van der Waals surface area contributed by atoms with Gasteiger partial charge in [-0.1, -0.05) is 0 Å². The number of carbonyl (C=O) groups is 1. The normalized spacial score (nSPS) is 10.6. The van der Waals surface area contributed by atoms with E-state index >= 15 is 0 Å². The molecule has 2 aromatic rings. The molecular weight excluding hydrogens is 270 g/mol. The van der Waals surface area contributed by atoms with Crippen molar-refractivity contribution < 1.29 is 9.90 Å². The highest BCUT2D eigenvalue weighted by atomic mass is 16.4. The molecule has 0 aliphatic rings. The van der Waals surface area contributed by atoms with Crippen LogP contribution in [0, 0.1) is 13.8 Å². The standard InChI is InChI=1S/C14H15N5O2/c1-9-7-10(2)18-14(17-9)19-16-8-15-12-5-3-11(4-6-12)13(20)21/h3-8H,1-2H3,(H,15,16)(H,20,21)(H,17,18,19). The number of aryl methyl sites for hydroxylation is 2. The number of aliphatic imine (C=N–C) groups is 1. The molecular formula is C14H15N5O2. The summed E-state index contributed by atoms with van der Waals surface area (Å²) in [6, 6.07) is 8.11. The molecule has 7 nitrogen and oxygen atoms in total. The van der Waals surface area contributed by atoms with Crippen molar-refractivity contribution in [3.05, 3.63) is 47.3 Å². The second kappa shape index (κ2) is 6.47. The average Bonchev–Trinajstić information content (AvgIpc) is 2.43. The molecule has 0 spiro atoms. The van der Waals surface area contributed by atoms with Gasteiger partial charge in [-0.3, -0.25) is 10.9 Å². The Morgan fingerprint density at radius 3 is 2.38 bits per heavy atom. The van der Waals surface area contributed by atoms with E-state index in [0.29, 0.717) is 11.6 Å². The van der Waals surface area contributed by atoms with E-state index in [1.165, 1.54) is 18.5 Å². The minimum atomic E-state index is -0.961. The Bertz CT molecular complexity index is 647. The molecule has 2 rings (SSSR count). The number of benzene rings is 1. The Morgan fingerprint density at radius 1 is 1.19 bits per heavy atom. The monoisotopic (exact) mass is 285 g/mol. The number of hydrogen-bond acceptors (Lipinski definition) is 5. The molecule has 1 aromatic carbocycles. The molecule has 7 heteroatoms. The average molecular weight is 285 g/mol. The van der Waals surface area contributed by atoms with Crippen molar-refractivity contribution in [1.29, 1.82) is 0 Å². The van der Waals surface area contributed by atoms with E-state index in [0.717, 1.165) is 11.4 Å². The van der Waals surface area contributed by atoms with Crippen molar-refractivity contribution in [2.75, 3.05) is 5.43 Å². The highest BCUT2D eigenvalue weighted by Gasteiger charge is 2.00. The Hall–Kier alpha value is -2.96. The van der Waals surface area contributed by atoms with E-state index in [2.05, 4.69) is 25.8 Å². The first-order valence-electron chi connectivity index (χ1n) is 6.24. The van der Waals surface area contributed by atoms with Crippen molar-refractivity contribution >= 4 is 23.9 Å². The molecule has 1 aromatic heterocycles. The summed E-state index contributed by atoms with van der Waals surface area (Å²) < 4.78 is 0. The molecule has 0 bridgehead atoms. The van der Waals surface area contributed by atoms with E-state index in [-0.39, 0.29) is 5.56 Å². The molecule has 0 saturated heterocycles. The van der Waals surface area contributed by atoms with Gasteiger partial charge in [0.05, 0.1) is 11.3 Å². The van der Waals surface area contributed by atoms with E-state index in [4.69, 9.17) is 5.11 Å². The number of aromatic carboxylic acids is 1. The first-order valence-corrected chi connectivity index (χ1v) is 6.24. The molecule has 0 amide bonds. The molecule has 3 N–H and O–H groups in total. The summed E-state index contributed by atoms with van der Waals surface area (Å²) in [5, 5.41) is 8.79. The largest absolute Gasteiger partial charge is 0.478 e. The van der Waals surface area contributed by atoms with Crippen LogP contribution in [0.25, 0.3) is 0 Å². The lowest BCUT2D eigenvalue weighted by atomic mass is 10.2. The Balaban J connectivity index is 1.91. The van der Waals surface area contributed by atoms with Gasteiger partial charge in [0.2, 0.25) is 5.95 Å². The zero-order chi connectivity index (χ0) is 15.2. The van der Waals surface area contributed by atoms with Gasteiger partial charge in [0.25, 0.3) is 0 Å². The molecule has 0 aliphatic heterocycles. The SMILES string of the molecule is Cc1cc(C)nc(NNC=Nc2ccc(C(=O)O)cc2)n1. The molecule has 0 aliphatic carbocycles. The minimum Gasteiger partial charge on any atom is -0.478 e. The van der Waals surface area contributed by atoms with E-state index in [1.807, 2.05) is 19.9 Å². The third-order valence-electron chi connectivity index (χ3n) is 2.56. The molecule has 0 radical (unpaired) electrons. The summed E-state index contributed by atoms with van der Waals surface area (Å²) in [5.41, 5.74) is 8.17. The number of aromatic nitrogens is 2. The second-order valence-electron chi connectivity index (χ2n) is 4.35. The van der Waals surface area contributed by atoms with E-state index in [9.17, 15) is 4.79 Å². The summed E-state index contributed by atoms with van der Waals surface area (Å²) in [4.78, 5) is 23.2. The number of hydrazine groups is 1. The predicted octanol–water partition coefficient (Wildman–Crippen LogP) is 2.07. The van der Waals surface area contributed by atoms with E-state index < -0.39 is 5.97 Å². The maximum absolute atomic E-state index is 10.7. The first kappa shape index (κ1) is 14.4. The van der Waals surface area contributed by atoms with Gasteiger partial charge in [-0.05, 0) is 44.2 Å². The smallest absolute Gasteiger partial charge is 0.335 e. The van der Waals surface area contributed by atoms with E-state index in [1.54, 1.807) is 12.1 Å². The number of carboxylic acids is 1. The number of nitrogens with one attached hydrogen (secondary N) is 2. The second-order valence-corrected chi connectivity index (χ2v) is 4.35. The fourth-order valence-corrected chi connectivity index (χ4v) is 1.68. The van der Waals surface area contributed by atoms with Gasteiger partial charge in [0.1, 0.15) is 6.34 Å². The Labute approximate surface area is 121 Å². The van der Waals surface area contributed by atoms with Crippen LogP contribution in [0.5, 0.6) is 0 Å². The van der Waals surface area contributed by atoms with Crippen molar-refractivity contribution in [3.8, 4) is 0 Å². The summed E-state index contributed by atoms with van der Waals surface area (Å²) in [7, 11) is 0. The van der Waals surface area contributed by atoms with Crippen LogP contribution in [0.15, 0.2) is 35.3 Å². The lowest BCUT2D eigenvalue weighted by molar-refractivity contribution is 0.0697. The maximum atomic E-state index is 10.7. The molecule has 108 valence electrons. The zero-order valence-corrected chi connectivity index (χ0v) is 11.7. The number of rotatable bonds is 5. The number of anilines is 1. The highest BCUT2D eigenvalue weighted by Crippen LogP contribution is 2.12. The van der Waals surface area contributed by atoms with Crippen LogP contribution >= 0.6 is 0 Å². The maximum Gasteiger partial charge on any atom is 0.335 e. The van der Waals surface area contributed by atoms with Crippen LogP contribution in [0.4, 0.5) is 11.6 Å². The van der Waals surface area contributed by atoms with Gasteiger partial charge in [-0.2, -0.15) is 0 Å². The molecule has 0 unspecified atom stereocenters. The van der Waals surface area contributed by atoms with Crippen molar-refractivity contribution in [1.82, 2.24) is 15.4 Å². The summed E-state index contributed by atoms with van der Waals surface area (Å²) in [6.07, 6.45) is 1.44. The first-order chi connectivity index (χ1) is 10.0. The Morgan fingerprint density at radius 2 is 1.81 bits per heavy atom. The molecule has 1 heterocycles. The highest BCUT2D eigenvalue weighted by molar-refractivity contribution is 5.88. The molecule has 0 fully saturated rings. The molecule has 21 heavy (non-hydrogen) atoms. The van der Waals surface area contributed by atoms with Crippen molar-refractivity contribution in [3.63, 3.8) is 0 Å². The topological polar surface area (TPSA) is 99.5 Å². The number of hydrogen-bond donors (Lipinski definition) is 3. The third kappa shape index (κ3) is 4.27. The minimum absolute atomic E-state index is 0.226. The lowest BCUT2D eigenvalue weighted by Gasteiger charge is -2.05. The van der Waals surface area contributed by atoms with Crippen LogP contribution in [-0.4, -0.2) is 27.4 Å². The zero-order valence-electron chi connectivity index (χ0n) is 11.7. The van der Waals surface area contributed by atoms with Crippen molar-refractivity contribution in [2.45, 2.75) is 13.8 Å². The number of carboxylic acid groups (broad SMARTS) is 1. The van der Waals surface area contributed by atoms with Gasteiger partial charge in [-0.25, -0.2) is 19.8 Å². The fourth-order valence-electron chi connectivity index (χ4n) is 1.68. The third-order valence-corrected chi connectivity index (χ3v) is 2.56. The Kier molecular flexibility index (Phi) is 4.45. The van der Waals surface area contributed by atoms with Crippen LogP contribution in [-0.2, 0) is 0 Å². The quantitative estimate of drug-likeness (QED) is 0.442. The lowest BCUT2D eigenvalue weighted by Crippen LogP contribution is -2.21. The number of nitrogens with zero attached hydrogens (tertiary/aromatic N) is 3. The van der Waals surface area contributed by atoms with Gasteiger partial charge >= 0.3 is 5.97 Å². The van der Waals surface area contributed by atoms with Gasteiger partial charge in [-0.15, -0.1) is 0 Å². The van der Waals surface area contributed by atoms with Gasteiger partial charge in [0, 0.05) is 11.4 Å². The van der Waals surface area contributed by atoms with Gasteiger partial charge in [0.15, 0.2) is 0 Å². The summed E-state index contributed by atoms with van der Waals surface area (Å²) >= 11 is 0. The van der Waals surface area contributed by atoms with Crippen LogP contribution in [0.1, 0.15) is 21.7 Å². The summed E-state index contributed by atoms with van der Waals surface area (Å²) in [5.74, 6) is -0.502. The van der Waals surface area contributed by atoms with Crippen LogP contribution in [0.3, 0.4) is 0 Å². The van der Waals surface area contributed by atoms with Crippen LogP contribution in [0.2, 0.25) is 0 Å².